The Kier molecular flexibility index (Phi) is 3.70. The molecule has 0 saturated heterocycles. The van der Waals surface area contributed by atoms with Crippen LogP contribution in [0.25, 0.3) is 0 Å². The van der Waals surface area contributed by atoms with E-state index < -0.39 is 0 Å². The van der Waals surface area contributed by atoms with Gasteiger partial charge in [0.25, 0.3) is 0 Å². The predicted octanol–water partition coefficient (Wildman–Crippen LogP) is 2.30. The molecule has 0 bridgehead atoms. The first-order chi connectivity index (χ1) is 5.88. The molecule has 0 unspecified atom stereocenters. The Bertz CT molecular complexity index is 246. The summed E-state index contributed by atoms with van der Waals surface area (Å²) >= 11 is 0. The first kappa shape index (κ1) is 10.5. The lowest BCUT2D eigenvalue weighted by Gasteiger charge is -2.31. The van der Waals surface area contributed by atoms with E-state index in [0.29, 0.717) is 5.92 Å². The minimum absolute atomic E-state index is 0. The molecule has 1 atom stereocenters. The second-order valence-electron chi connectivity index (χ2n) is 3.50. The second kappa shape index (κ2) is 4.58. The van der Waals surface area contributed by atoms with E-state index in [9.17, 15) is 0 Å². The SMILES string of the molecule is Cl.N[C@@H](c1cccnc1)C1CCC1. The van der Waals surface area contributed by atoms with Gasteiger partial charge in [-0.05, 0) is 30.4 Å². The molecule has 2 N–H and O–H groups in total. The number of rotatable bonds is 2. The van der Waals surface area contributed by atoms with Crippen LogP contribution in [0.15, 0.2) is 24.5 Å². The normalized spacial score (nSPS) is 18.5. The maximum atomic E-state index is 6.06. The van der Waals surface area contributed by atoms with Crippen LogP contribution < -0.4 is 5.73 Å². The third-order valence-electron chi connectivity index (χ3n) is 2.73. The highest BCUT2D eigenvalue weighted by Crippen LogP contribution is 2.35. The van der Waals surface area contributed by atoms with Crippen LogP contribution in [0.2, 0.25) is 0 Å². The minimum Gasteiger partial charge on any atom is -0.324 e. The van der Waals surface area contributed by atoms with Crippen LogP contribution in [-0.2, 0) is 0 Å². The molecular weight excluding hydrogens is 184 g/mol. The van der Waals surface area contributed by atoms with Gasteiger partial charge < -0.3 is 5.73 Å². The number of nitrogens with two attached hydrogens (primary N) is 1. The summed E-state index contributed by atoms with van der Waals surface area (Å²) in [6.07, 6.45) is 7.59. The monoisotopic (exact) mass is 198 g/mol. The van der Waals surface area contributed by atoms with E-state index in [1.807, 2.05) is 12.3 Å². The topological polar surface area (TPSA) is 38.9 Å². The Morgan fingerprint density at radius 1 is 1.46 bits per heavy atom. The molecule has 1 aliphatic carbocycles. The third kappa shape index (κ3) is 2.20. The van der Waals surface area contributed by atoms with Gasteiger partial charge in [0, 0.05) is 18.4 Å². The van der Waals surface area contributed by atoms with Crippen LogP contribution in [0.4, 0.5) is 0 Å². The van der Waals surface area contributed by atoms with Gasteiger partial charge >= 0.3 is 0 Å². The van der Waals surface area contributed by atoms with Crippen LogP contribution in [0, 0.1) is 5.92 Å². The summed E-state index contributed by atoms with van der Waals surface area (Å²) in [6, 6.07) is 4.23. The van der Waals surface area contributed by atoms with Gasteiger partial charge in [-0.15, -0.1) is 12.4 Å². The minimum atomic E-state index is 0. The number of aromatic nitrogens is 1. The van der Waals surface area contributed by atoms with E-state index in [2.05, 4.69) is 11.1 Å². The maximum absolute atomic E-state index is 6.06. The van der Waals surface area contributed by atoms with Crippen molar-refractivity contribution in [3.05, 3.63) is 30.1 Å². The zero-order valence-electron chi connectivity index (χ0n) is 7.52. The number of pyridine rings is 1. The van der Waals surface area contributed by atoms with E-state index in [1.54, 1.807) is 6.20 Å². The highest BCUT2D eigenvalue weighted by molar-refractivity contribution is 5.85. The van der Waals surface area contributed by atoms with Crippen molar-refractivity contribution in [2.75, 3.05) is 0 Å². The van der Waals surface area contributed by atoms with Crippen LogP contribution >= 0.6 is 12.4 Å². The molecule has 2 rings (SSSR count). The molecule has 0 aromatic carbocycles. The summed E-state index contributed by atoms with van der Waals surface area (Å²) in [5, 5.41) is 0. The summed E-state index contributed by atoms with van der Waals surface area (Å²) < 4.78 is 0. The molecule has 0 aliphatic heterocycles. The number of hydrogen-bond acceptors (Lipinski definition) is 2. The standard InChI is InChI=1S/C10H14N2.ClH/c11-10(8-3-1-4-8)9-5-2-6-12-7-9;/h2,5-8,10H,1,3-4,11H2;1H/t10-;/m1./s1. The van der Waals surface area contributed by atoms with Crippen molar-refractivity contribution in [1.82, 2.24) is 4.98 Å². The van der Waals surface area contributed by atoms with Gasteiger partial charge in [-0.1, -0.05) is 12.5 Å². The van der Waals surface area contributed by atoms with E-state index in [-0.39, 0.29) is 18.4 Å². The quantitative estimate of drug-likeness (QED) is 0.792. The van der Waals surface area contributed by atoms with Crippen molar-refractivity contribution in [1.29, 1.82) is 0 Å². The summed E-state index contributed by atoms with van der Waals surface area (Å²) in [5.41, 5.74) is 7.24. The van der Waals surface area contributed by atoms with Crippen LogP contribution in [0.5, 0.6) is 0 Å². The average Bonchev–Trinajstić information content (AvgIpc) is 2.03. The Morgan fingerprint density at radius 3 is 2.69 bits per heavy atom. The molecule has 0 amide bonds. The molecule has 3 heteroatoms. The van der Waals surface area contributed by atoms with Crippen LogP contribution in [-0.4, -0.2) is 4.98 Å². The van der Waals surface area contributed by atoms with Crippen LogP contribution in [0.1, 0.15) is 30.9 Å². The largest absolute Gasteiger partial charge is 0.324 e. The molecule has 1 saturated carbocycles. The Balaban J connectivity index is 0.000000845. The first-order valence-corrected chi connectivity index (χ1v) is 4.53. The van der Waals surface area contributed by atoms with Gasteiger partial charge in [0.2, 0.25) is 0 Å². The lowest BCUT2D eigenvalue weighted by atomic mass is 9.78. The lowest BCUT2D eigenvalue weighted by Crippen LogP contribution is -2.26. The molecule has 1 aromatic heterocycles. The second-order valence-corrected chi connectivity index (χ2v) is 3.50. The van der Waals surface area contributed by atoms with Crippen molar-refractivity contribution < 1.29 is 0 Å². The molecule has 2 nitrogen and oxygen atoms in total. The zero-order chi connectivity index (χ0) is 8.39. The Hall–Kier alpha value is -0.600. The van der Waals surface area contributed by atoms with Crippen molar-refractivity contribution in [2.45, 2.75) is 25.3 Å². The fraction of sp³-hybridized carbons (Fsp3) is 0.500. The fourth-order valence-electron chi connectivity index (χ4n) is 1.64. The van der Waals surface area contributed by atoms with Gasteiger partial charge in [0.05, 0.1) is 0 Å². The van der Waals surface area contributed by atoms with Gasteiger partial charge in [-0.2, -0.15) is 0 Å². The number of halogens is 1. The van der Waals surface area contributed by atoms with Crippen molar-refractivity contribution in [3.63, 3.8) is 0 Å². The summed E-state index contributed by atoms with van der Waals surface area (Å²) in [5.74, 6) is 0.703. The fourth-order valence-corrected chi connectivity index (χ4v) is 1.64. The van der Waals surface area contributed by atoms with Crippen molar-refractivity contribution in [3.8, 4) is 0 Å². The zero-order valence-corrected chi connectivity index (χ0v) is 8.33. The highest BCUT2D eigenvalue weighted by Gasteiger charge is 2.25. The highest BCUT2D eigenvalue weighted by atomic mass is 35.5. The molecule has 1 heterocycles. The summed E-state index contributed by atoms with van der Waals surface area (Å²) in [4.78, 5) is 4.07. The van der Waals surface area contributed by atoms with Crippen molar-refractivity contribution in [2.24, 2.45) is 11.7 Å². The third-order valence-corrected chi connectivity index (χ3v) is 2.73. The Morgan fingerprint density at radius 2 is 2.23 bits per heavy atom. The van der Waals surface area contributed by atoms with E-state index in [4.69, 9.17) is 5.73 Å². The first-order valence-electron chi connectivity index (χ1n) is 4.53. The predicted molar refractivity (Wildman–Crippen MR) is 55.8 cm³/mol. The molecule has 0 spiro atoms. The van der Waals surface area contributed by atoms with Gasteiger partial charge in [0.15, 0.2) is 0 Å². The molecule has 1 fully saturated rings. The molecule has 13 heavy (non-hydrogen) atoms. The van der Waals surface area contributed by atoms with Gasteiger partial charge in [-0.3, -0.25) is 4.98 Å². The van der Waals surface area contributed by atoms with E-state index >= 15 is 0 Å². The summed E-state index contributed by atoms with van der Waals surface area (Å²) in [6.45, 7) is 0. The molecule has 1 aliphatic rings. The molecule has 1 aromatic rings. The molecular formula is C10H15ClN2. The van der Waals surface area contributed by atoms with Crippen molar-refractivity contribution >= 4 is 12.4 Å². The average molecular weight is 199 g/mol. The van der Waals surface area contributed by atoms with Gasteiger partial charge in [0.1, 0.15) is 0 Å². The lowest BCUT2D eigenvalue weighted by molar-refractivity contribution is 0.264. The molecule has 72 valence electrons. The smallest absolute Gasteiger partial charge is 0.0338 e. The van der Waals surface area contributed by atoms with Crippen LogP contribution in [0.3, 0.4) is 0 Å². The molecule has 0 radical (unpaired) electrons. The number of hydrogen-bond donors (Lipinski definition) is 1. The summed E-state index contributed by atoms with van der Waals surface area (Å²) in [7, 11) is 0. The number of nitrogens with zero attached hydrogens (tertiary/aromatic N) is 1. The Labute approximate surface area is 85.0 Å². The van der Waals surface area contributed by atoms with E-state index in [0.717, 1.165) is 0 Å². The van der Waals surface area contributed by atoms with Gasteiger partial charge in [-0.25, -0.2) is 0 Å². The van der Waals surface area contributed by atoms with E-state index in [1.165, 1.54) is 24.8 Å². The maximum Gasteiger partial charge on any atom is 0.0338 e.